The van der Waals surface area contributed by atoms with Gasteiger partial charge in [0.15, 0.2) is 0 Å². The third kappa shape index (κ3) is 5.25. The SMILES string of the molecule is C=CCCCC1CC(CCC)CCC1CNC. The second-order valence-electron chi connectivity index (χ2n) is 5.77. The van der Waals surface area contributed by atoms with E-state index >= 15 is 0 Å². The third-order valence-corrected chi connectivity index (χ3v) is 4.39. The number of hydrogen-bond donors (Lipinski definition) is 1. The maximum atomic E-state index is 3.83. The summed E-state index contributed by atoms with van der Waals surface area (Å²) in [5.41, 5.74) is 0. The van der Waals surface area contributed by atoms with Crippen LogP contribution < -0.4 is 5.32 Å². The summed E-state index contributed by atoms with van der Waals surface area (Å²) in [5.74, 6) is 2.91. The molecule has 3 unspecified atom stereocenters. The van der Waals surface area contributed by atoms with Crippen molar-refractivity contribution in [3.8, 4) is 0 Å². The molecule has 0 heterocycles. The van der Waals surface area contributed by atoms with Crippen LogP contribution in [0.2, 0.25) is 0 Å². The minimum Gasteiger partial charge on any atom is -0.319 e. The van der Waals surface area contributed by atoms with Gasteiger partial charge in [0.2, 0.25) is 0 Å². The van der Waals surface area contributed by atoms with Gasteiger partial charge in [-0.2, -0.15) is 0 Å². The molecule has 1 saturated carbocycles. The molecule has 1 N–H and O–H groups in total. The lowest BCUT2D eigenvalue weighted by atomic mass is 9.71. The molecule has 1 rings (SSSR count). The number of nitrogens with one attached hydrogen (secondary N) is 1. The molecule has 17 heavy (non-hydrogen) atoms. The first-order valence-corrected chi connectivity index (χ1v) is 7.57. The van der Waals surface area contributed by atoms with Gasteiger partial charge in [-0.05, 0) is 63.5 Å². The van der Waals surface area contributed by atoms with Crippen molar-refractivity contribution in [3.05, 3.63) is 12.7 Å². The molecule has 0 saturated heterocycles. The summed E-state index contributed by atoms with van der Waals surface area (Å²) in [5, 5.41) is 3.38. The Morgan fingerprint density at radius 3 is 2.71 bits per heavy atom. The normalized spacial score (nSPS) is 29.2. The van der Waals surface area contributed by atoms with Gasteiger partial charge < -0.3 is 5.32 Å². The zero-order valence-corrected chi connectivity index (χ0v) is 11.9. The van der Waals surface area contributed by atoms with E-state index in [1.807, 2.05) is 0 Å². The maximum Gasteiger partial charge on any atom is -0.00209 e. The monoisotopic (exact) mass is 237 g/mol. The summed E-state index contributed by atoms with van der Waals surface area (Å²) in [6.07, 6.45) is 13.2. The molecule has 1 fully saturated rings. The second kappa shape index (κ2) is 8.74. The Balaban J connectivity index is 2.40. The van der Waals surface area contributed by atoms with Crippen LogP contribution in [0.25, 0.3) is 0 Å². The van der Waals surface area contributed by atoms with E-state index in [-0.39, 0.29) is 0 Å². The first kappa shape index (κ1) is 14.8. The molecule has 3 atom stereocenters. The smallest absolute Gasteiger partial charge is 0.00209 e. The number of unbranched alkanes of at least 4 members (excludes halogenated alkanes) is 1. The van der Waals surface area contributed by atoms with Gasteiger partial charge in [0.1, 0.15) is 0 Å². The van der Waals surface area contributed by atoms with E-state index in [4.69, 9.17) is 0 Å². The summed E-state index contributed by atoms with van der Waals surface area (Å²) < 4.78 is 0. The van der Waals surface area contributed by atoms with Crippen molar-refractivity contribution >= 4 is 0 Å². The average Bonchev–Trinajstić information content (AvgIpc) is 2.33. The topological polar surface area (TPSA) is 12.0 Å². The zero-order chi connectivity index (χ0) is 12.5. The van der Waals surface area contributed by atoms with Crippen molar-refractivity contribution < 1.29 is 0 Å². The Morgan fingerprint density at radius 1 is 1.24 bits per heavy atom. The van der Waals surface area contributed by atoms with Crippen molar-refractivity contribution in [2.45, 2.75) is 58.3 Å². The van der Waals surface area contributed by atoms with Gasteiger partial charge in [0.25, 0.3) is 0 Å². The van der Waals surface area contributed by atoms with Crippen LogP contribution in [0, 0.1) is 17.8 Å². The van der Waals surface area contributed by atoms with E-state index in [9.17, 15) is 0 Å². The van der Waals surface area contributed by atoms with Crippen LogP contribution in [-0.4, -0.2) is 13.6 Å². The molecule has 0 bridgehead atoms. The van der Waals surface area contributed by atoms with Gasteiger partial charge in [-0.25, -0.2) is 0 Å². The van der Waals surface area contributed by atoms with Crippen molar-refractivity contribution in [2.24, 2.45) is 17.8 Å². The maximum absolute atomic E-state index is 3.83. The average molecular weight is 237 g/mol. The summed E-state index contributed by atoms with van der Waals surface area (Å²) in [4.78, 5) is 0. The number of hydrogen-bond acceptors (Lipinski definition) is 1. The van der Waals surface area contributed by atoms with E-state index in [2.05, 4.69) is 31.9 Å². The Labute approximate surface area is 108 Å². The Kier molecular flexibility index (Phi) is 7.59. The highest BCUT2D eigenvalue weighted by molar-refractivity contribution is 4.82. The van der Waals surface area contributed by atoms with Gasteiger partial charge in [0.05, 0.1) is 0 Å². The molecule has 0 aromatic rings. The lowest BCUT2D eigenvalue weighted by Gasteiger charge is -2.36. The van der Waals surface area contributed by atoms with Crippen LogP contribution in [0.3, 0.4) is 0 Å². The fourth-order valence-electron chi connectivity index (χ4n) is 3.50. The van der Waals surface area contributed by atoms with E-state index in [0.717, 1.165) is 17.8 Å². The van der Waals surface area contributed by atoms with Crippen molar-refractivity contribution in [1.29, 1.82) is 0 Å². The standard InChI is InChI=1S/C16H31N/c1-4-6-7-9-15-12-14(8-5-2)10-11-16(15)13-17-3/h4,14-17H,1,5-13H2,2-3H3. The molecule has 1 aliphatic carbocycles. The Bertz CT molecular complexity index is 200. The molecule has 1 nitrogen and oxygen atoms in total. The van der Waals surface area contributed by atoms with Crippen LogP contribution in [0.5, 0.6) is 0 Å². The quantitative estimate of drug-likeness (QED) is 0.487. The minimum absolute atomic E-state index is 0.929. The van der Waals surface area contributed by atoms with Crippen molar-refractivity contribution in [2.75, 3.05) is 13.6 Å². The molecule has 0 radical (unpaired) electrons. The molecular weight excluding hydrogens is 206 g/mol. The molecule has 0 amide bonds. The van der Waals surface area contributed by atoms with Crippen LogP contribution in [0.1, 0.15) is 58.3 Å². The number of rotatable bonds is 8. The van der Waals surface area contributed by atoms with E-state index in [1.54, 1.807) is 0 Å². The van der Waals surface area contributed by atoms with Crippen LogP contribution in [0.4, 0.5) is 0 Å². The molecule has 1 aliphatic rings. The van der Waals surface area contributed by atoms with Crippen LogP contribution >= 0.6 is 0 Å². The lowest BCUT2D eigenvalue weighted by molar-refractivity contribution is 0.159. The largest absolute Gasteiger partial charge is 0.319 e. The predicted octanol–water partition coefficient (Wildman–Crippen LogP) is 4.39. The fraction of sp³-hybridized carbons (Fsp3) is 0.875. The van der Waals surface area contributed by atoms with E-state index < -0.39 is 0 Å². The van der Waals surface area contributed by atoms with Crippen molar-refractivity contribution in [1.82, 2.24) is 5.32 Å². The minimum atomic E-state index is 0.929. The summed E-state index contributed by atoms with van der Waals surface area (Å²) in [6.45, 7) is 7.38. The highest BCUT2D eigenvalue weighted by Crippen LogP contribution is 2.38. The van der Waals surface area contributed by atoms with Gasteiger partial charge in [-0.15, -0.1) is 6.58 Å². The van der Waals surface area contributed by atoms with Gasteiger partial charge in [0, 0.05) is 0 Å². The lowest BCUT2D eigenvalue weighted by Crippen LogP contribution is -2.31. The fourth-order valence-corrected chi connectivity index (χ4v) is 3.50. The van der Waals surface area contributed by atoms with Gasteiger partial charge >= 0.3 is 0 Å². The second-order valence-corrected chi connectivity index (χ2v) is 5.77. The first-order chi connectivity index (χ1) is 8.31. The van der Waals surface area contributed by atoms with Gasteiger partial charge in [-0.3, -0.25) is 0 Å². The van der Waals surface area contributed by atoms with Crippen LogP contribution in [0.15, 0.2) is 12.7 Å². The molecule has 100 valence electrons. The predicted molar refractivity (Wildman–Crippen MR) is 77.2 cm³/mol. The molecular formula is C16H31N. The number of allylic oxidation sites excluding steroid dienone is 1. The molecule has 0 spiro atoms. The first-order valence-electron chi connectivity index (χ1n) is 7.57. The highest BCUT2D eigenvalue weighted by atomic mass is 14.8. The van der Waals surface area contributed by atoms with Gasteiger partial charge in [-0.1, -0.05) is 32.3 Å². The van der Waals surface area contributed by atoms with E-state index in [1.165, 1.54) is 57.9 Å². The Morgan fingerprint density at radius 2 is 2.06 bits per heavy atom. The summed E-state index contributed by atoms with van der Waals surface area (Å²) >= 11 is 0. The zero-order valence-electron chi connectivity index (χ0n) is 11.9. The summed E-state index contributed by atoms with van der Waals surface area (Å²) in [6, 6.07) is 0. The highest BCUT2D eigenvalue weighted by Gasteiger charge is 2.28. The molecule has 0 aromatic heterocycles. The molecule has 0 aromatic carbocycles. The Hall–Kier alpha value is -0.300. The van der Waals surface area contributed by atoms with Crippen LogP contribution in [-0.2, 0) is 0 Å². The molecule has 0 aliphatic heterocycles. The third-order valence-electron chi connectivity index (χ3n) is 4.39. The van der Waals surface area contributed by atoms with E-state index in [0.29, 0.717) is 0 Å². The summed E-state index contributed by atoms with van der Waals surface area (Å²) in [7, 11) is 2.10. The molecule has 1 heteroatoms. The van der Waals surface area contributed by atoms with Crippen molar-refractivity contribution in [3.63, 3.8) is 0 Å².